The summed E-state index contributed by atoms with van der Waals surface area (Å²) in [5.74, 6) is -0.235. The molecule has 2 amide bonds. The van der Waals surface area contributed by atoms with Crippen LogP contribution in [-0.2, 0) is 0 Å². The highest BCUT2D eigenvalue weighted by atomic mass is 79.9. The van der Waals surface area contributed by atoms with Gasteiger partial charge in [0.1, 0.15) is 0 Å². The SMILES string of the molecule is CCN(CC)C(=O)c1cccc(NC(=O)c2cc(Br)c(Br)s2)c1. The van der Waals surface area contributed by atoms with E-state index in [4.69, 9.17) is 0 Å². The van der Waals surface area contributed by atoms with Gasteiger partial charge in [-0.05, 0) is 70.0 Å². The summed E-state index contributed by atoms with van der Waals surface area (Å²) in [4.78, 5) is 27.0. The van der Waals surface area contributed by atoms with Gasteiger partial charge in [0.2, 0.25) is 0 Å². The van der Waals surface area contributed by atoms with Gasteiger partial charge in [0.15, 0.2) is 0 Å². The normalized spacial score (nSPS) is 10.4. The summed E-state index contributed by atoms with van der Waals surface area (Å²) in [6.07, 6.45) is 0. The predicted octanol–water partition coefficient (Wildman–Crippen LogP) is 5.01. The molecule has 0 saturated carbocycles. The molecule has 0 aliphatic heterocycles. The first-order valence-electron chi connectivity index (χ1n) is 7.11. The van der Waals surface area contributed by atoms with Crippen molar-refractivity contribution in [3.05, 3.63) is 49.0 Å². The van der Waals surface area contributed by atoms with E-state index >= 15 is 0 Å². The quantitative estimate of drug-likeness (QED) is 0.683. The lowest BCUT2D eigenvalue weighted by Crippen LogP contribution is -2.30. The van der Waals surface area contributed by atoms with E-state index in [1.807, 2.05) is 13.8 Å². The Balaban J connectivity index is 2.16. The fourth-order valence-electron chi connectivity index (χ4n) is 2.07. The molecule has 23 heavy (non-hydrogen) atoms. The lowest BCUT2D eigenvalue weighted by molar-refractivity contribution is 0.0772. The fraction of sp³-hybridized carbons (Fsp3) is 0.250. The van der Waals surface area contributed by atoms with Crippen LogP contribution in [-0.4, -0.2) is 29.8 Å². The number of nitrogens with zero attached hydrogens (tertiary/aromatic N) is 1. The zero-order valence-electron chi connectivity index (χ0n) is 12.7. The molecule has 122 valence electrons. The van der Waals surface area contributed by atoms with Crippen LogP contribution >= 0.6 is 43.2 Å². The van der Waals surface area contributed by atoms with E-state index < -0.39 is 0 Å². The minimum Gasteiger partial charge on any atom is -0.339 e. The van der Waals surface area contributed by atoms with Crippen LogP contribution in [0, 0.1) is 0 Å². The third kappa shape index (κ3) is 4.43. The van der Waals surface area contributed by atoms with Crippen molar-refractivity contribution in [1.82, 2.24) is 4.90 Å². The standard InChI is InChI=1S/C16H16Br2N2O2S/c1-3-20(4-2)16(22)10-6-5-7-11(8-10)19-15(21)13-9-12(17)14(18)23-13/h5-9H,3-4H2,1-2H3,(H,19,21). The molecular weight excluding hydrogens is 444 g/mol. The maximum absolute atomic E-state index is 12.4. The molecule has 1 heterocycles. The Morgan fingerprint density at radius 1 is 1.17 bits per heavy atom. The summed E-state index contributed by atoms with van der Waals surface area (Å²) in [7, 11) is 0. The van der Waals surface area contributed by atoms with Crippen molar-refractivity contribution in [2.45, 2.75) is 13.8 Å². The maximum atomic E-state index is 12.4. The largest absolute Gasteiger partial charge is 0.339 e. The van der Waals surface area contributed by atoms with Gasteiger partial charge in [-0.3, -0.25) is 9.59 Å². The Morgan fingerprint density at radius 2 is 1.87 bits per heavy atom. The topological polar surface area (TPSA) is 49.4 Å². The van der Waals surface area contributed by atoms with E-state index in [0.717, 1.165) is 8.26 Å². The highest BCUT2D eigenvalue weighted by Gasteiger charge is 2.15. The van der Waals surface area contributed by atoms with E-state index in [1.54, 1.807) is 35.2 Å². The van der Waals surface area contributed by atoms with Crippen molar-refractivity contribution in [1.29, 1.82) is 0 Å². The number of benzene rings is 1. The first kappa shape index (κ1) is 18.2. The number of amides is 2. The number of anilines is 1. The minimum atomic E-state index is -0.200. The predicted molar refractivity (Wildman–Crippen MR) is 101 cm³/mol. The molecule has 1 N–H and O–H groups in total. The number of carbonyl (C=O) groups excluding carboxylic acids is 2. The van der Waals surface area contributed by atoms with Gasteiger partial charge in [-0.2, -0.15) is 0 Å². The molecule has 0 unspecified atom stereocenters. The second-order valence-electron chi connectivity index (χ2n) is 4.74. The van der Waals surface area contributed by atoms with Gasteiger partial charge < -0.3 is 10.2 Å². The number of nitrogens with one attached hydrogen (secondary N) is 1. The van der Waals surface area contributed by atoms with Crippen LogP contribution in [0.5, 0.6) is 0 Å². The molecule has 0 radical (unpaired) electrons. The molecule has 2 rings (SSSR count). The van der Waals surface area contributed by atoms with Crippen molar-refractivity contribution >= 4 is 60.7 Å². The van der Waals surface area contributed by atoms with Crippen LogP contribution in [0.3, 0.4) is 0 Å². The van der Waals surface area contributed by atoms with Crippen LogP contribution in [0.15, 0.2) is 38.6 Å². The van der Waals surface area contributed by atoms with Crippen molar-refractivity contribution < 1.29 is 9.59 Å². The van der Waals surface area contributed by atoms with E-state index in [9.17, 15) is 9.59 Å². The van der Waals surface area contributed by atoms with Crippen LogP contribution < -0.4 is 5.32 Å². The van der Waals surface area contributed by atoms with E-state index in [-0.39, 0.29) is 11.8 Å². The summed E-state index contributed by atoms with van der Waals surface area (Å²) in [5, 5.41) is 2.83. The summed E-state index contributed by atoms with van der Waals surface area (Å²) < 4.78 is 1.71. The summed E-state index contributed by atoms with van der Waals surface area (Å²) in [6.45, 7) is 5.20. The highest BCUT2D eigenvalue weighted by molar-refractivity contribution is 9.13. The Morgan fingerprint density at radius 3 is 2.43 bits per heavy atom. The van der Waals surface area contributed by atoms with Gasteiger partial charge >= 0.3 is 0 Å². The number of halogens is 2. The van der Waals surface area contributed by atoms with Crippen LogP contribution in [0.25, 0.3) is 0 Å². The van der Waals surface area contributed by atoms with Crippen molar-refractivity contribution in [2.24, 2.45) is 0 Å². The zero-order valence-corrected chi connectivity index (χ0v) is 16.7. The van der Waals surface area contributed by atoms with Crippen LogP contribution in [0.2, 0.25) is 0 Å². The molecule has 0 aliphatic rings. The Hall–Kier alpha value is -1.18. The van der Waals surface area contributed by atoms with Crippen molar-refractivity contribution in [3.63, 3.8) is 0 Å². The molecule has 4 nitrogen and oxygen atoms in total. The molecule has 0 fully saturated rings. The third-order valence-corrected chi connectivity index (χ3v) is 6.54. The smallest absolute Gasteiger partial charge is 0.265 e. The molecular formula is C16H16Br2N2O2S. The van der Waals surface area contributed by atoms with Gasteiger partial charge in [-0.25, -0.2) is 0 Å². The number of carbonyl (C=O) groups is 2. The molecule has 7 heteroatoms. The number of rotatable bonds is 5. The molecule has 0 spiro atoms. The van der Waals surface area contributed by atoms with Crippen LogP contribution in [0.4, 0.5) is 5.69 Å². The Bertz CT molecular complexity index is 707. The average Bonchev–Trinajstić information content (AvgIpc) is 2.88. The molecule has 1 aromatic heterocycles. The summed E-state index contributed by atoms with van der Waals surface area (Å²) >= 11 is 8.09. The van der Waals surface area contributed by atoms with Gasteiger partial charge in [-0.15, -0.1) is 11.3 Å². The van der Waals surface area contributed by atoms with Crippen molar-refractivity contribution in [2.75, 3.05) is 18.4 Å². The Kier molecular flexibility index (Phi) is 6.38. The highest BCUT2D eigenvalue weighted by Crippen LogP contribution is 2.32. The first-order chi connectivity index (χ1) is 11.0. The van der Waals surface area contributed by atoms with Gasteiger partial charge in [-0.1, -0.05) is 6.07 Å². The second-order valence-corrected chi connectivity index (χ2v) is 7.97. The average molecular weight is 460 g/mol. The maximum Gasteiger partial charge on any atom is 0.265 e. The molecule has 1 aromatic carbocycles. The molecule has 0 aliphatic carbocycles. The third-order valence-electron chi connectivity index (χ3n) is 3.29. The van der Waals surface area contributed by atoms with Crippen LogP contribution in [0.1, 0.15) is 33.9 Å². The van der Waals surface area contributed by atoms with Gasteiger partial charge in [0.05, 0.1) is 8.66 Å². The number of hydrogen-bond acceptors (Lipinski definition) is 3. The molecule has 0 bridgehead atoms. The lowest BCUT2D eigenvalue weighted by Gasteiger charge is -2.18. The Labute approximate surface area is 156 Å². The molecule has 0 atom stereocenters. The van der Waals surface area contributed by atoms with E-state index in [1.165, 1.54) is 11.3 Å². The van der Waals surface area contributed by atoms with Gasteiger partial charge in [0.25, 0.3) is 11.8 Å². The molecule has 0 saturated heterocycles. The van der Waals surface area contributed by atoms with E-state index in [0.29, 0.717) is 29.2 Å². The number of thiophene rings is 1. The monoisotopic (exact) mass is 458 g/mol. The van der Waals surface area contributed by atoms with Crippen molar-refractivity contribution in [3.8, 4) is 0 Å². The summed E-state index contributed by atoms with van der Waals surface area (Å²) in [5.41, 5.74) is 1.17. The van der Waals surface area contributed by atoms with Gasteiger partial charge in [0, 0.05) is 28.8 Å². The zero-order chi connectivity index (χ0) is 17.0. The minimum absolute atomic E-state index is 0.0345. The van der Waals surface area contributed by atoms with E-state index in [2.05, 4.69) is 37.2 Å². The second kappa shape index (κ2) is 8.08. The number of hydrogen-bond donors (Lipinski definition) is 1. The summed E-state index contributed by atoms with van der Waals surface area (Å²) in [6, 6.07) is 8.76. The molecule has 2 aromatic rings. The lowest BCUT2D eigenvalue weighted by atomic mass is 10.1. The first-order valence-corrected chi connectivity index (χ1v) is 9.52. The fourth-order valence-corrected chi connectivity index (χ4v) is 4.01.